The fourth-order valence-electron chi connectivity index (χ4n) is 1.08. The van der Waals surface area contributed by atoms with E-state index in [1.807, 2.05) is 6.07 Å². The standard InChI is InChI=1S/C11H15BrFNS/c1-2-10(14)7-15-6-8-3-4-9(13)5-11(8)12/h3-5,10H,2,6-7,14H2,1H3. The maximum atomic E-state index is 12.8. The van der Waals surface area contributed by atoms with Crippen LogP contribution in [0.1, 0.15) is 18.9 Å². The minimum absolute atomic E-state index is 0.208. The van der Waals surface area contributed by atoms with Crippen molar-refractivity contribution in [3.63, 3.8) is 0 Å². The van der Waals surface area contributed by atoms with Crippen molar-refractivity contribution in [2.45, 2.75) is 25.1 Å². The van der Waals surface area contributed by atoms with Gasteiger partial charge >= 0.3 is 0 Å². The lowest BCUT2D eigenvalue weighted by molar-refractivity contribution is 0.626. The van der Waals surface area contributed by atoms with Crippen molar-refractivity contribution in [3.05, 3.63) is 34.1 Å². The van der Waals surface area contributed by atoms with Crippen LogP contribution in [0.15, 0.2) is 22.7 Å². The third-order valence-corrected chi connectivity index (χ3v) is 4.05. The molecule has 0 aliphatic rings. The van der Waals surface area contributed by atoms with E-state index in [2.05, 4.69) is 22.9 Å². The molecule has 0 aliphatic carbocycles. The van der Waals surface area contributed by atoms with E-state index in [1.54, 1.807) is 11.8 Å². The van der Waals surface area contributed by atoms with Gasteiger partial charge in [-0.3, -0.25) is 0 Å². The average Bonchev–Trinajstić information content (AvgIpc) is 2.21. The van der Waals surface area contributed by atoms with Crippen LogP contribution in [0.3, 0.4) is 0 Å². The first-order valence-electron chi connectivity index (χ1n) is 4.90. The molecule has 0 saturated heterocycles. The lowest BCUT2D eigenvalue weighted by Crippen LogP contribution is -2.21. The van der Waals surface area contributed by atoms with Crippen molar-refractivity contribution < 1.29 is 4.39 Å². The number of rotatable bonds is 5. The Bertz CT molecular complexity index is 319. The minimum atomic E-state index is -0.208. The number of nitrogens with two attached hydrogens (primary N) is 1. The average molecular weight is 292 g/mol. The molecule has 0 saturated carbocycles. The van der Waals surface area contributed by atoms with Crippen LogP contribution < -0.4 is 5.73 Å². The van der Waals surface area contributed by atoms with E-state index in [4.69, 9.17) is 5.73 Å². The molecule has 0 spiro atoms. The van der Waals surface area contributed by atoms with E-state index < -0.39 is 0 Å². The summed E-state index contributed by atoms with van der Waals surface area (Å²) in [5, 5.41) is 0. The zero-order valence-electron chi connectivity index (χ0n) is 8.67. The summed E-state index contributed by atoms with van der Waals surface area (Å²) in [5.41, 5.74) is 6.92. The van der Waals surface area contributed by atoms with E-state index >= 15 is 0 Å². The van der Waals surface area contributed by atoms with Crippen molar-refractivity contribution in [1.82, 2.24) is 0 Å². The lowest BCUT2D eigenvalue weighted by atomic mass is 10.2. The summed E-state index contributed by atoms with van der Waals surface area (Å²) in [6, 6.07) is 5.05. The first-order valence-corrected chi connectivity index (χ1v) is 6.85. The van der Waals surface area contributed by atoms with Gasteiger partial charge in [-0.25, -0.2) is 4.39 Å². The fourth-order valence-corrected chi connectivity index (χ4v) is 2.88. The van der Waals surface area contributed by atoms with Gasteiger partial charge in [0.2, 0.25) is 0 Å². The molecular formula is C11H15BrFNS. The molecule has 0 heterocycles. The summed E-state index contributed by atoms with van der Waals surface area (Å²) in [6.07, 6.45) is 0.998. The normalized spacial score (nSPS) is 12.8. The molecule has 1 aromatic rings. The number of benzene rings is 1. The highest BCUT2D eigenvalue weighted by molar-refractivity contribution is 9.10. The minimum Gasteiger partial charge on any atom is -0.327 e. The monoisotopic (exact) mass is 291 g/mol. The predicted octanol–water partition coefficient (Wildman–Crippen LogP) is 3.56. The van der Waals surface area contributed by atoms with Gasteiger partial charge in [-0.1, -0.05) is 28.9 Å². The Labute approximate surface area is 103 Å². The molecule has 1 unspecified atom stereocenters. The summed E-state index contributed by atoms with van der Waals surface area (Å²) in [7, 11) is 0. The Kier molecular flexibility index (Phi) is 5.64. The molecule has 0 bridgehead atoms. The molecule has 1 atom stereocenters. The third kappa shape index (κ3) is 4.53. The molecule has 0 aromatic heterocycles. The van der Waals surface area contributed by atoms with Crippen molar-refractivity contribution in [2.75, 3.05) is 5.75 Å². The van der Waals surface area contributed by atoms with E-state index in [0.29, 0.717) is 0 Å². The summed E-state index contributed by atoms with van der Waals surface area (Å²) < 4.78 is 13.6. The van der Waals surface area contributed by atoms with E-state index in [9.17, 15) is 4.39 Å². The van der Waals surface area contributed by atoms with Crippen LogP contribution in [-0.2, 0) is 5.75 Å². The summed E-state index contributed by atoms with van der Waals surface area (Å²) in [6.45, 7) is 2.08. The summed E-state index contributed by atoms with van der Waals surface area (Å²) >= 11 is 5.13. The SMILES string of the molecule is CCC(N)CSCc1ccc(F)cc1Br. The Morgan fingerprint density at radius 3 is 2.87 bits per heavy atom. The molecule has 0 amide bonds. The van der Waals surface area contributed by atoms with Gasteiger partial charge in [0.25, 0.3) is 0 Å². The molecule has 2 N–H and O–H groups in total. The molecule has 4 heteroatoms. The zero-order valence-corrected chi connectivity index (χ0v) is 11.1. The van der Waals surface area contributed by atoms with E-state index in [1.165, 1.54) is 12.1 Å². The Balaban J connectivity index is 2.44. The maximum Gasteiger partial charge on any atom is 0.124 e. The van der Waals surface area contributed by atoms with Gasteiger partial charge in [0.1, 0.15) is 5.82 Å². The first-order chi connectivity index (χ1) is 7.13. The van der Waals surface area contributed by atoms with Crippen LogP contribution in [0.2, 0.25) is 0 Å². The molecular weight excluding hydrogens is 277 g/mol. The smallest absolute Gasteiger partial charge is 0.124 e. The molecule has 0 aliphatic heterocycles. The predicted molar refractivity (Wildman–Crippen MR) is 68.5 cm³/mol. The molecule has 1 rings (SSSR count). The molecule has 84 valence electrons. The third-order valence-electron chi connectivity index (χ3n) is 2.13. The number of hydrogen-bond donors (Lipinski definition) is 1. The highest BCUT2D eigenvalue weighted by Crippen LogP contribution is 2.23. The highest BCUT2D eigenvalue weighted by Gasteiger charge is 2.03. The van der Waals surface area contributed by atoms with Crippen molar-refractivity contribution in [1.29, 1.82) is 0 Å². The second kappa shape index (κ2) is 6.51. The number of halogens is 2. The topological polar surface area (TPSA) is 26.0 Å². The Morgan fingerprint density at radius 2 is 2.27 bits per heavy atom. The van der Waals surface area contributed by atoms with Gasteiger partial charge in [-0.15, -0.1) is 0 Å². The van der Waals surface area contributed by atoms with Gasteiger partial charge in [0, 0.05) is 22.0 Å². The second-order valence-electron chi connectivity index (χ2n) is 3.42. The lowest BCUT2D eigenvalue weighted by Gasteiger charge is -2.08. The van der Waals surface area contributed by atoms with Crippen LogP contribution in [0, 0.1) is 5.82 Å². The molecule has 0 fully saturated rings. The maximum absolute atomic E-state index is 12.8. The Hall–Kier alpha value is -0.0600. The van der Waals surface area contributed by atoms with E-state index in [0.717, 1.165) is 28.0 Å². The van der Waals surface area contributed by atoms with Crippen LogP contribution in [0.25, 0.3) is 0 Å². The first kappa shape index (κ1) is 13.0. The quantitative estimate of drug-likeness (QED) is 0.898. The molecule has 15 heavy (non-hydrogen) atoms. The van der Waals surface area contributed by atoms with E-state index in [-0.39, 0.29) is 11.9 Å². The van der Waals surface area contributed by atoms with Crippen molar-refractivity contribution >= 4 is 27.7 Å². The van der Waals surface area contributed by atoms with Gasteiger partial charge in [0.15, 0.2) is 0 Å². The van der Waals surface area contributed by atoms with Crippen molar-refractivity contribution in [2.24, 2.45) is 5.73 Å². The fraction of sp³-hybridized carbons (Fsp3) is 0.455. The largest absolute Gasteiger partial charge is 0.327 e. The molecule has 1 nitrogen and oxygen atoms in total. The van der Waals surface area contributed by atoms with Gasteiger partial charge in [0.05, 0.1) is 0 Å². The van der Waals surface area contributed by atoms with Gasteiger partial charge < -0.3 is 5.73 Å². The molecule has 0 radical (unpaired) electrons. The van der Waals surface area contributed by atoms with Gasteiger partial charge in [-0.2, -0.15) is 11.8 Å². The summed E-state index contributed by atoms with van der Waals surface area (Å²) in [5.74, 6) is 1.61. The van der Waals surface area contributed by atoms with Crippen molar-refractivity contribution in [3.8, 4) is 0 Å². The number of hydrogen-bond acceptors (Lipinski definition) is 2. The molecule has 1 aromatic carbocycles. The number of thioether (sulfide) groups is 1. The zero-order chi connectivity index (χ0) is 11.3. The van der Waals surface area contributed by atoms with Crippen LogP contribution in [-0.4, -0.2) is 11.8 Å². The Morgan fingerprint density at radius 1 is 1.53 bits per heavy atom. The van der Waals surface area contributed by atoms with Gasteiger partial charge in [-0.05, 0) is 24.1 Å². The van der Waals surface area contributed by atoms with Crippen LogP contribution in [0.5, 0.6) is 0 Å². The summed E-state index contributed by atoms with van der Waals surface area (Å²) in [4.78, 5) is 0. The highest BCUT2D eigenvalue weighted by atomic mass is 79.9. The van der Waals surface area contributed by atoms with Crippen LogP contribution in [0.4, 0.5) is 4.39 Å². The second-order valence-corrected chi connectivity index (χ2v) is 5.30. The van der Waals surface area contributed by atoms with Crippen LogP contribution >= 0.6 is 27.7 Å².